The Kier molecular flexibility index (Phi) is 6.60. The van der Waals surface area contributed by atoms with Gasteiger partial charge in [0, 0.05) is 23.2 Å². The van der Waals surface area contributed by atoms with Crippen molar-refractivity contribution in [1.82, 2.24) is 9.97 Å². The molecule has 1 N–H and O–H groups in total. The highest BCUT2D eigenvalue weighted by atomic mass is 14.9. The van der Waals surface area contributed by atoms with E-state index in [0.717, 1.165) is 12.1 Å². The first-order chi connectivity index (χ1) is 11.6. The Bertz CT molecular complexity index is 759. The standard InChI is InChI=1S/C22H30N2/c1-6-9-11-18(17(5)8-3)13-19(10-7-2)21-14-20-12-16(4)15-23-22(20)24-21/h6,8-9,11-12,14-15,19H,7,10,13H2,1-5H3,(H,23,24)/b9-6?,17-8-,18-11-. The summed E-state index contributed by atoms with van der Waals surface area (Å²) in [7, 11) is 0. The van der Waals surface area contributed by atoms with Crippen LogP contribution >= 0.6 is 0 Å². The van der Waals surface area contributed by atoms with Crippen LogP contribution in [0.1, 0.15) is 64.1 Å². The fourth-order valence-electron chi connectivity index (χ4n) is 3.11. The molecule has 0 amide bonds. The minimum Gasteiger partial charge on any atom is -0.343 e. The number of nitrogens with zero attached hydrogens (tertiary/aromatic N) is 1. The van der Waals surface area contributed by atoms with Crippen molar-refractivity contribution in [3.63, 3.8) is 0 Å². The van der Waals surface area contributed by atoms with E-state index in [1.165, 1.54) is 40.6 Å². The highest BCUT2D eigenvalue weighted by Crippen LogP contribution is 2.32. The van der Waals surface area contributed by atoms with Gasteiger partial charge in [-0.25, -0.2) is 4.98 Å². The molecule has 2 nitrogen and oxygen atoms in total. The molecule has 0 bridgehead atoms. The molecule has 0 spiro atoms. The Balaban J connectivity index is 2.35. The van der Waals surface area contributed by atoms with E-state index in [9.17, 15) is 0 Å². The second-order valence-corrected chi connectivity index (χ2v) is 6.55. The average molecular weight is 322 g/mol. The number of nitrogens with one attached hydrogen (secondary N) is 1. The van der Waals surface area contributed by atoms with E-state index in [-0.39, 0.29) is 0 Å². The first-order valence-electron chi connectivity index (χ1n) is 8.99. The zero-order chi connectivity index (χ0) is 17.5. The Hall–Kier alpha value is -2.09. The normalized spacial score (nSPS) is 14.7. The monoisotopic (exact) mass is 322 g/mol. The SMILES string of the molecule is CC=C/C=C(CC(CCC)c1cc2cc(C)cnc2[nH]1)\C(C)=C/C. The van der Waals surface area contributed by atoms with E-state index >= 15 is 0 Å². The lowest BCUT2D eigenvalue weighted by atomic mass is 9.89. The largest absolute Gasteiger partial charge is 0.343 e. The molecule has 0 saturated carbocycles. The van der Waals surface area contributed by atoms with Gasteiger partial charge in [0.2, 0.25) is 0 Å². The van der Waals surface area contributed by atoms with Gasteiger partial charge in [0.05, 0.1) is 0 Å². The van der Waals surface area contributed by atoms with Crippen LogP contribution in [0.2, 0.25) is 0 Å². The van der Waals surface area contributed by atoms with Crippen LogP contribution in [0.5, 0.6) is 0 Å². The van der Waals surface area contributed by atoms with Crippen LogP contribution in [-0.2, 0) is 0 Å². The molecule has 0 saturated heterocycles. The number of fused-ring (bicyclic) bond motifs is 1. The molecule has 0 aliphatic rings. The van der Waals surface area contributed by atoms with Gasteiger partial charge in [-0.15, -0.1) is 0 Å². The third-order valence-electron chi connectivity index (χ3n) is 4.60. The third kappa shape index (κ3) is 4.47. The number of H-pyrrole nitrogens is 1. The molecule has 0 aliphatic heterocycles. The van der Waals surface area contributed by atoms with E-state index < -0.39 is 0 Å². The number of aryl methyl sites for hydroxylation is 1. The molecule has 128 valence electrons. The molecular formula is C22H30N2. The van der Waals surface area contributed by atoms with Crippen molar-refractivity contribution in [3.05, 3.63) is 65.0 Å². The van der Waals surface area contributed by atoms with Gasteiger partial charge in [-0.1, -0.05) is 43.2 Å². The maximum atomic E-state index is 4.53. The molecule has 2 aromatic heterocycles. The zero-order valence-corrected chi connectivity index (χ0v) is 15.7. The highest BCUT2D eigenvalue weighted by Gasteiger charge is 2.16. The molecule has 2 rings (SSSR count). The predicted molar refractivity (Wildman–Crippen MR) is 105 cm³/mol. The van der Waals surface area contributed by atoms with Crippen molar-refractivity contribution in [3.8, 4) is 0 Å². The lowest BCUT2D eigenvalue weighted by molar-refractivity contribution is 0.598. The number of hydrogen-bond donors (Lipinski definition) is 1. The summed E-state index contributed by atoms with van der Waals surface area (Å²) in [6.45, 7) is 10.7. The molecule has 0 aromatic carbocycles. The smallest absolute Gasteiger partial charge is 0.137 e. The molecule has 2 heteroatoms. The average Bonchev–Trinajstić information content (AvgIpc) is 2.99. The van der Waals surface area contributed by atoms with Crippen LogP contribution < -0.4 is 0 Å². The molecule has 24 heavy (non-hydrogen) atoms. The number of pyridine rings is 1. The predicted octanol–water partition coefficient (Wildman–Crippen LogP) is 6.61. The topological polar surface area (TPSA) is 28.7 Å². The maximum absolute atomic E-state index is 4.53. The Morgan fingerprint density at radius 1 is 1.29 bits per heavy atom. The first-order valence-corrected chi connectivity index (χ1v) is 8.99. The first kappa shape index (κ1) is 18.3. The summed E-state index contributed by atoms with van der Waals surface area (Å²) in [6, 6.07) is 4.49. The molecule has 0 fully saturated rings. The van der Waals surface area contributed by atoms with E-state index in [1.54, 1.807) is 0 Å². The quantitative estimate of drug-likeness (QED) is 0.570. The van der Waals surface area contributed by atoms with Gasteiger partial charge in [-0.05, 0) is 63.8 Å². The van der Waals surface area contributed by atoms with Crippen LogP contribution in [0.25, 0.3) is 11.0 Å². The minimum absolute atomic E-state index is 0.496. The highest BCUT2D eigenvalue weighted by molar-refractivity contribution is 5.77. The zero-order valence-electron chi connectivity index (χ0n) is 15.7. The maximum Gasteiger partial charge on any atom is 0.137 e. The van der Waals surface area contributed by atoms with Gasteiger partial charge in [-0.2, -0.15) is 0 Å². The summed E-state index contributed by atoms with van der Waals surface area (Å²) in [5, 5.41) is 1.22. The van der Waals surface area contributed by atoms with Crippen molar-refractivity contribution in [2.45, 2.75) is 59.8 Å². The third-order valence-corrected chi connectivity index (χ3v) is 4.60. The summed E-state index contributed by atoms with van der Waals surface area (Å²) in [5.74, 6) is 0.496. The van der Waals surface area contributed by atoms with Crippen molar-refractivity contribution < 1.29 is 0 Å². The second kappa shape index (κ2) is 8.68. The summed E-state index contributed by atoms with van der Waals surface area (Å²) in [4.78, 5) is 8.08. The Morgan fingerprint density at radius 3 is 2.75 bits per heavy atom. The number of rotatable bonds is 7. The van der Waals surface area contributed by atoms with Crippen LogP contribution in [0.15, 0.2) is 53.8 Å². The Morgan fingerprint density at radius 2 is 2.08 bits per heavy atom. The van der Waals surface area contributed by atoms with Gasteiger partial charge in [-0.3, -0.25) is 0 Å². The van der Waals surface area contributed by atoms with Crippen molar-refractivity contribution in [1.29, 1.82) is 0 Å². The molecule has 0 radical (unpaired) electrons. The molecule has 1 unspecified atom stereocenters. The van der Waals surface area contributed by atoms with Gasteiger partial charge in [0.25, 0.3) is 0 Å². The van der Waals surface area contributed by atoms with Gasteiger partial charge >= 0.3 is 0 Å². The summed E-state index contributed by atoms with van der Waals surface area (Å²) >= 11 is 0. The van der Waals surface area contributed by atoms with Crippen LogP contribution in [0.3, 0.4) is 0 Å². The van der Waals surface area contributed by atoms with Crippen molar-refractivity contribution >= 4 is 11.0 Å². The van der Waals surface area contributed by atoms with Gasteiger partial charge in [0.1, 0.15) is 5.65 Å². The molecule has 1 atom stereocenters. The van der Waals surface area contributed by atoms with Crippen LogP contribution in [0.4, 0.5) is 0 Å². The number of allylic oxidation sites excluding steroid dienone is 6. The van der Waals surface area contributed by atoms with Gasteiger partial charge in [0.15, 0.2) is 0 Å². The lowest BCUT2D eigenvalue weighted by Crippen LogP contribution is -2.02. The lowest BCUT2D eigenvalue weighted by Gasteiger charge is -2.17. The van der Waals surface area contributed by atoms with Crippen molar-refractivity contribution in [2.24, 2.45) is 0 Å². The molecular weight excluding hydrogens is 292 g/mol. The van der Waals surface area contributed by atoms with Crippen LogP contribution in [-0.4, -0.2) is 9.97 Å². The molecule has 0 aliphatic carbocycles. The number of hydrogen-bond acceptors (Lipinski definition) is 1. The van der Waals surface area contributed by atoms with Crippen molar-refractivity contribution in [2.75, 3.05) is 0 Å². The van der Waals surface area contributed by atoms with Gasteiger partial charge < -0.3 is 4.98 Å². The summed E-state index contributed by atoms with van der Waals surface area (Å²) in [5.41, 5.74) is 6.29. The summed E-state index contributed by atoms with van der Waals surface area (Å²) < 4.78 is 0. The van der Waals surface area contributed by atoms with Crippen LogP contribution in [0, 0.1) is 6.92 Å². The van der Waals surface area contributed by atoms with E-state index in [1.807, 2.05) is 6.20 Å². The minimum atomic E-state index is 0.496. The second-order valence-electron chi connectivity index (χ2n) is 6.55. The molecule has 2 aromatic rings. The Labute approximate surface area is 146 Å². The molecule has 2 heterocycles. The van der Waals surface area contributed by atoms with E-state index in [0.29, 0.717) is 5.92 Å². The fourth-order valence-corrected chi connectivity index (χ4v) is 3.11. The number of aromatic amines is 1. The fraction of sp³-hybridized carbons (Fsp3) is 0.409. The number of aromatic nitrogens is 2. The van der Waals surface area contributed by atoms with E-state index in [4.69, 9.17) is 0 Å². The summed E-state index contributed by atoms with van der Waals surface area (Å²) in [6.07, 6.45) is 14.0. The van der Waals surface area contributed by atoms with E-state index in [2.05, 4.69) is 81.0 Å².